The third-order valence-corrected chi connectivity index (χ3v) is 8.88. The Morgan fingerprint density at radius 2 is 1.75 bits per heavy atom. The van der Waals surface area contributed by atoms with Crippen LogP contribution in [0.4, 0.5) is 5.69 Å². The molecule has 2 amide bonds. The van der Waals surface area contributed by atoms with Gasteiger partial charge >= 0.3 is 5.97 Å². The zero-order chi connectivity index (χ0) is 22.0. The number of allylic oxidation sites excluding steroid dienone is 2. The minimum Gasteiger partial charge on any atom is -0.478 e. The molecule has 6 nitrogen and oxygen atoms in total. The van der Waals surface area contributed by atoms with E-state index in [1.807, 2.05) is 30.3 Å². The van der Waals surface area contributed by atoms with Crippen LogP contribution in [0.15, 0.2) is 59.0 Å². The van der Waals surface area contributed by atoms with Gasteiger partial charge in [-0.15, -0.1) is 11.3 Å². The van der Waals surface area contributed by atoms with Gasteiger partial charge in [-0.05, 0) is 54.2 Å². The van der Waals surface area contributed by atoms with Crippen LogP contribution >= 0.6 is 23.1 Å². The molecule has 1 saturated carbocycles. The van der Waals surface area contributed by atoms with E-state index in [4.69, 9.17) is 5.11 Å². The van der Waals surface area contributed by atoms with Crippen molar-refractivity contribution in [2.45, 2.75) is 16.5 Å². The minimum absolute atomic E-state index is 0.0693. The van der Waals surface area contributed by atoms with Gasteiger partial charge in [0.2, 0.25) is 11.8 Å². The minimum atomic E-state index is -0.936. The van der Waals surface area contributed by atoms with Crippen molar-refractivity contribution in [3.8, 4) is 0 Å². The third-order valence-electron chi connectivity index (χ3n) is 6.64. The molecule has 2 aromatic carbocycles. The molecular weight excluding hydrogens is 444 g/mol. The maximum absolute atomic E-state index is 13.1. The second-order valence-electron chi connectivity index (χ2n) is 8.43. The van der Waals surface area contributed by atoms with E-state index in [-0.39, 0.29) is 41.0 Å². The highest BCUT2D eigenvalue weighted by atomic mass is 32.2. The Morgan fingerprint density at radius 1 is 1.06 bits per heavy atom. The molecule has 2 bridgehead atoms. The predicted octanol–water partition coefficient (Wildman–Crippen LogP) is 4.60. The number of carbonyl (C=O) groups is 3. The molecule has 6 rings (SSSR count). The van der Waals surface area contributed by atoms with Crippen molar-refractivity contribution in [3.05, 3.63) is 65.7 Å². The summed E-state index contributed by atoms with van der Waals surface area (Å²) in [5, 5.41) is 9.01. The van der Waals surface area contributed by atoms with E-state index < -0.39 is 5.97 Å². The predicted molar refractivity (Wildman–Crippen MR) is 123 cm³/mol. The summed E-state index contributed by atoms with van der Waals surface area (Å²) in [5.74, 6) is -0.401. The van der Waals surface area contributed by atoms with E-state index in [9.17, 15) is 14.4 Å². The number of benzene rings is 2. The van der Waals surface area contributed by atoms with E-state index in [2.05, 4.69) is 17.1 Å². The van der Waals surface area contributed by atoms with E-state index in [1.165, 1.54) is 16.2 Å². The lowest BCUT2D eigenvalue weighted by Gasteiger charge is -2.17. The molecule has 32 heavy (non-hydrogen) atoms. The summed E-state index contributed by atoms with van der Waals surface area (Å²) >= 11 is 3.11. The Labute approximate surface area is 191 Å². The Kier molecular flexibility index (Phi) is 4.48. The van der Waals surface area contributed by atoms with E-state index in [1.54, 1.807) is 23.9 Å². The topological polar surface area (TPSA) is 87.6 Å². The fourth-order valence-electron chi connectivity index (χ4n) is 5.14. The Balaban J connectivity index is 1.21. The first kappa shape index (κ1) is 19.7. The smallest absolute Gasteiger partial charge is 0.335 e. The average Bonchev–Trinajstić information content (AvgIpc) is 3.55. The van der Waals surface area contributed by atoms with Gasteiger partial charge in [0.25, 0.3) is 0 Å². The molecule has 3 aromatic rings. The quantitative estimate of drug-likeness (QED) is 0.339. The monoisotopic (exact) mass is 462 g/mol. The van der Waals surface area contributed by atoms with Crippen molar-refractivity contribution in [1.82, 2.24) is 4.98 Å². The number of hydrogen-bond donors (Lipinski definition) is 1. The molecule has 3 aliphatic rings. The van der Waals surface area contributed by atoms with Crippen molar-refractivity contribution < 1.29 is 19.5 Å². The number of rotatable bonds is 5. The highest BCUT2D eigenvalue weighted by molar-refractivity contribution is 8.00. The summed E-state index contributed by atoms with van der Waals surface area (Å²) < 4.78 is 1.82. The molecule has 0 radical (unpaired) electrons. The first-order chi connectivity index (χ1) is 15.5. The van der Waals surface area contributed by atoms with Crippen molar-refractivity contribution >= 4 is 56.8 Å². The molecule has 1 aromatic heterocycles. The van der Waals surface area contributed by atoms with Gasteiger partial charge in [-0.25, -0.2) is 14.7 Å². The number of anilines is 1. The molecule has 1 saturated heterocycles. The van der Waals surface area contributed by atoms with Gasteiger partial charge in [0.15, 0.2) is 4.34 Å². The molecule has 160 valence electrons. The summed E-state index contributed by atoms with van der Waals surface area (Å²) in [6, 6.07) is 12.4. The van der Waals surface area contributed by atoms with Crippen molar-refractivity contribution in [2.75, 3.05) is 4.90 Å². The van der Waals surface area contributed by atoms with E-state index in [0.29, 0.717) is 11.4 Å². The van der Waals surface area contributed by atoms with Gasteiger partial charge < -0.3 is 5.11 Å². The maximum Gasteiger partial charge on any atom is 0.335 e. The fraction of sp³-hybridized carbons (Fsp3) is 0.250. The summed E-state index contributed by atoms with van der Waals surface area (Å²) in [6.45, 7) is 0. The summed E-state index contributed by atoms with van der Waals surface area (Å²) in [5.41, 5.74) is 2.75. The van der Waals surface area contributed by atoms with Crippen LogP contribution in [0.5, 0.6) is 0 Å². The van der Waals surface area contributed by atoms with Crippen LogP contribution in [0.1, 0.15) is 22.3 Å². The van der Waals surface area contributed by atoms with Gasteiger partial charge in [-0.1, -0.05) is 36.0 Å². The second kappa shape index (κ2) is 7.28. The Hall–Kier alpha value is -2.97. The number of carbonyl (C=O) groups excluding carboxylic acids is 2. The Bertz CT molecular complexity index is 1280. The number of nitrogens with zero attached hydrogens (tertiary/aromatic N) is 2. The lowest BCUT2D eigenvalue weighted by atomic mass is 9.85. The molecule has 8 heteroatoms. The normalized spacial score (nSPS) is 25.8. The van der Waals surface area contributed by atoms with Crippen LogP contribution in [-0.2, 0) is 15.3 Å². The lowest BCUT2D eigenvalue weighted by Crippen LogP contribution is -2.32. The van der Waals surface area contributed by atoms with Gasteiger partial charge in [0.1, 0.15) is 0 Å². The summed E-state index contributed by atoms with van der Waals surface area (Å²) in [4.78, 5) is 43.2. The molecule has 0 spiro atoms. The number of thioether (sulfide) groups is 1. The molecule has 0 unspecified atom stereocenters. The highest BCUT2D eigenvalue weighted by Crippen LogP contribution is 2.53. The van der Waals surface area contributed by atoms with Gasteiger partial charge in [0, 0.05) is 5.75 Å². The van der Waals surface area contributed by atoms with Crippen LogP contribution in [-0.4, -0.2) is 27.9 Å². The molecule has 2 aliphatic carbocycles. The number of aromatic nitrogens is 1. The number of carboxylic acid groups (broad SMARTS) is 1. The van der Waals surface area contributed by atoms with Crippen LogP contribution in [0.25, 0.3) is 10.2 Å². The van der Waals surface area contributed by atoms with Crippen LogP contribution in [0.3, 0.4) is 0 Å². The summed E-state index contributed by atoms with van der Waals surface area (Å²) in [6.07, 6.45) is 5.13. The zero-order valence-corrected chi connectivity index (χ0v) is 18.4. The van der Waals surface area contributed by atoms with Crippen molar-refractivity contribution in [2.24, 2.45) is 23.7 Å². The van der Waals surface area contributed by atoms with Gasteiger partial charge in [-0.2, -0.15) is 0 Å². The number of aromatic carboxylic acids is 1. The standard InChI is InChI=1S/C24H18N2O4S2/c27-21-19-14-5-6-15(9-14)20(19)22(28)26(21)16-7-8-17-18(10-16)32-24(25-17)31-11-12-1-3-13(4-2-12)23(29)30/h1-8,10,14-15,19-20H,9,11H2,(H,29,30)/t14-,15-,19-,20+/m1/s1. The number of carboxylic acids is 1. The van der Waals surface area contributed by atoms with Gasteiger partial charge in [-0.3, -0.25) is 9.59 Å². The molecule has 4 atom stereocenters. The number of amides is 2. The largest absolute Gasteiger partial charge is 0.478 e. The second-order valence-corrected chi connectivity index (χ2v) is 10.7. The molecular formula is C24H18N2O4S2. The van der Waals surface area contributed by atoms with Crippen molar-refractivity contribution in [1.29, 1.82) is 0 Å². The van der Waals surface area contributed by atoms with E-state index >= 15 is 0 Å². The van der Waals surface area contributed by atoms with Crippen molar-refractivity contribution in [3.63, 3.8) is 0 Å². The molecule has 2 fully saturated rings. The third kappa shape index (κ3) is 3.01. The van der Waals surface area contributed by atoms with E-state index in [0.717, 1.165) is 26.5 Å². The molecule has 2 heterocycles. The van der Waals surface area contributed by atoms with Crippen LogP contribution in [0, 0.1) is 23.7 Å². The average molecular weight is 463 g/mol. The number of fused-ring (bicyclic) bond motifs is 6. The Morgan fingerprint density at radius 3 is 2.41 bits per heavy atom. The number of imide groups is 1. The van der Waals surface area contributed by atoms with Gasteiger partial charge in [0.05, 0.1) is 33.3 Å². The first-order valence-electron chi connectivity index (χ1n) is 10.4. The SMILES string of the molecule is O=C(O)c1ccc(CSc2nc3ccc(N4C(=O)[C@@H]5[C@H](C4=O)[C@@H]4C=C[C@@H]5C4)cc3s2)cc1. The van der Waals surface area contributed by atoms with Crippen LogP contribution < -0.4 is 4.90 Å². The maximum atomic E-state index is 13.1. The zero-order valence-electron chi connectivity index (χ0n) is 16.8. The molecule has 1 aliphatic heterocycles. The first-order valence-corrected chi connectivity index (χ1v) is 12.2. The lowest BCUT2D eigenvalue weighted by molar-refractivity contribution is -0.123. The van der Waals surface area contributed by atoms with Crippen LogP contribution in [0.2, 0.25) is 0 Å². The highest BCUT2D eigenvalue weighted by Gasteiger charge is 2.59. The molecule has 1 N–H and O–H groups in total. The number of thiazole rings is 1. The summed E-state index contributed by atoms with van der Waals surface area (Å²) in [7, 11) is 0. The number of hydrogen-bond acceptors (Lipinski definition) is 6. The fourth-order valence-corrected chi connectivity index (χ4v) is 7.20.